The van der Waals surface area contributed by atoms with Crippen molar-refractivity contribution in [3.05, 3.63) is 29.8 Å². The smallest absolute Gasteiger partial charge is 0.0602 e. The Labute approximate surface area is 116 Å². The Hall–Kier alpha value is -1.06. The molecular formula is C16H26N2O. The van der Waals surface area contributed by atoms with Gasteiger partial charge in [0.15, 0.2) is 0 Å². The molecule has 0 saturated carbocycles. The van der Waals surface area contributed by atoms with Gasteiger partial charge < -0.3 is 15.3 Å². The molecule has 1 aliphatic rings. The first kappa shape index (κ1) is 14.4. The molecule has 2 unspecified atom stereocenters. The maximum Gasteiger partial charge on any atom is 0.0602 e. The SMILES string of the molecule is CC1CN(c2ccccc2C(C)(C)C)CC(CO)N1. The summed E-state index contributed by atoms with van der Waals surface area (Å²) in [6, 6.07) is 9.20. The highest BCUT2D eigenvalue weighted by Gasteiger charge is 2.27. The largest absolute Gasteiger partial charge is 0.395 e. The maximum absolute atomic E-state index is 9.41. The number of benzene rings is 1. The van der Waals surface area contributed by atoms with Crippen LogP contribution in [-0.2, 0) is 5.41 Å². The third kappa shape index (κ3) is 3.28. The predicted molar refractivity (Wildman–Crippen MR) is 80.8 cm³/mol. The highest BCUT2D eigenvalue weighted by atomic mass is 16.3. The molecule has 19 heavy (non-hydrogen) atoms. The minimum absolute atomic E-state index is 0.138. The average molecular weight is 262 g/mol. The fraction of sp³-hybridized carbons (Fsp3) is 0.625. The van der Waals surface area contributed by atoms with Gasteiger partial charge in [-0.3, -0.25) is 0 Å². The van der Waals surface area contributed by atoms with Crippen molar-refractivity contribution in [3.8, 4) is 0 Å². The number of anilines is 1. The normalized spacial score (nSPS) is 24.6. The molecule has 1 fully saturated rings. The lowest BCUT2D eigenvalue weighted by Crippen LogP contribution is -2.57. The number of hydrogen-bond donors (Lipinski definition) is 2. The Kier molecular flexibility index (Phi) is 4.16. The van der Waals surface area contributed by atoms with Crippen molar-refractivity contribution in [2.24, 2.45) is 0 Å². The van der Waals surface area contributed by atoms with E-state index < -0.39 is 0 Å². The fourth-order valence-electron chi connectivity index (χ4n) is 2.87. The molecule has 0 radical (unpaired) electrons. The van der Waals surface area contributed by atoms with Crippen LogP contribution in [0.1, 0.15) is 33.3 Å². The lowest BCUT2D eigenvalue weighted by atomic mass is 9.85. The zero-order chi connectivity index (χ0) is 14.0. The molecule has 0 aromatic heterocycles. The molecule has 1 heterocycles. The van der Waals surface area contributed by atoms with E-state index in [-0.39, 0.29) is 18.1 Å². The first-order valence-corrected chi connectivity index (χ1v) is 7.13. The summed E-state index contributed by atoms with van der Waals surface area (Å²) < 4.78 is 0. The molecular weight excluding hydrogens is 236 g/mol. The van der Waals surface area contributed by atoms with Crippen LogP contribution in [0.4, 0.5) is 5.69 Å². The summed E-state index contributed by atoms with van der Waals surface area (Å²) in [6.07, 6.45) is 0. The van der Waals surface area contributed by atoms with Crippen LogP contribution in [0.2, 0.25) is 0 Å². The summed E-state index contributed by atoms with van der Waals surface area (Å²) >= 11 is 0. The highest BCUT2D eigenvalue weighted by Crippen LogP contribution is 2.32. The number of rotatable bonds is 2. The molecule has 2 N–H and O–H groups in total. The molecule has 3 heteroatoms. The number of para-hydroxylation sites is 1. The second-order valence-electron chi connectivity index (χ2n) is 6.62. The van der Waals surface area contributed by atoms with E-state index in [2.05, 4.69) is 62.2 Å². The van der Waals surface area contributed by atoms with Gasteiger partial charge in [0, 0.05) is 30.9 Å². The topological polar surface area (TPSA) is 35.5 Å². The third-order valence-corrected chi connectivity index (χ3v) is 3.73. The summed E-state index contributed by atoms with van der Waals surface area (Å²) in [6.45, 7) is 11.0. The minimum atomic E-state index is 0.138. The van der Waals surface area contributed by atoms with Gasteiger partial charge in [0.25, 0.3) is 0 Å². The van der Waals surface area contributed by atoms with Crippen LogP contribution in [0.3, 0.4) is 0 Å². The van der Waals surface area contributed by atoms with Crippen LogP contribution in [0.25, 0.3) is 0 Å². The molecule has 0 spiro atoms. The first-order valence-electron chi connectivity index (χ1n) is 7.13. The Balaban J connectivity index is 2.31. The molecule has 3 nitrogen and oxygen atoms in total. The first-order chi connectivity index (χ1) is 8.91. The van der Waals surface area contributed by atoms with Gasteiger partial charge in [0.2, 0.25) is 0 Å². The molecule has 1 aromatic carbocycles. The zero-order valence-corrected chi connectivity index (χ0v) is 12.5. The van der Waals surface area contributed by atoms with Crippen LogP contribution < -0.4 is 10.2 Å². The van der Waals surface area contributed by atoms with Gasteiger partial charge >= 0.3 is 0 Å². The van der Waals surface area contributed by atoms with Crippen molar-refractivity contribution in [1.82, 2.24) is 5.32 Å². The van der Waals surface area contributed by atoms with Crippen molar-refractivity contribution >= 4 is 5.69 Å². The van der Waals surface area contributed by atoms with Crippen LogP contribution in [0.15, 0.2) is 24.3 Å². The maximum atomic E-state index is 9.41. The van der Waals surface area contributed by atoms with Gasteiger partial charge in [0.1, 0.15) is 0 Å². The molecule has 2 atom stereocenters. The summed E-state index contributed by atoms with van der Waals surface area (Å²) in [5.74, 6) is 0. The second-order valence-corrected chi connectivity index (χ2v) is 6.62. The van der Waals surface area contributed by atoms with E-state index in [9.17, 15) is 5.11 Å². The number of hydrogen-bond acceptors (Lipinski definition) is 3. The molecule has 0 bridgehead atoms. The summed E-state index contributed by atoms with van der Waals surface area (Å²) in [4.78, 5) is 2.41. The summed E-state index contributed by atoms with van der Waals surface area (Å²) in [7, 11) is 0. The third-order valence-electron chi connectivity index (χ3n) is 3.73. The van der Waals surface area contributed by atoms with Gasteiger partial charge in [-0.15, -0.1) is 0 Å². The molecule has 2 rings (SSSR count). The van der Waals surface area contributed by atoms with Crippen molar-refractivity contribution < 1.29 is 5.11 Å². The van der Waals surface area contributed by atoms with Gasteiger partial charge in [-0.05, 0) is 24.0 Å². The van der Waals surface area contributed by atoms with Gasteiger partial charge in [0.05, 0.1) is 6.61 Å². The van der Waals surface area contributed by atoms with Crippen molar-refractivity contribution in [2.75, 3.05) is 24.6 Å². The van der Waals surface area contributed by atoms with E-state index in [4.69, 9.17) is 0 Å². The second kappa shape index (κ2) is 5.51. The van der Waals surface area contributed by atoms with E-state index in [1.165, 1.54) is 11.3 Å². The monoisotopic (exact) mass is 262 g/mol. The fourth-order valence-corrected chi connectivity index (χ4v) is 2.87. The van der Waals surface area contributed by atoms with Crippen LogP contribution >= 0.6 is 0 Å². The van der Waals surface area contributed by atoms with Crippen LogP contribution in [0, 0.1) is 0 Å². The van der Waals surface area contributed by atoms with Crippen LogP contribution in [-0.4, -0.2) is 36.9 Å². The number of nitrogens with zero attached hydrogens (tertiary/aromatic N) is 1. The number of aliphatic hydroxyl groups excluding tert-OH is 1. The molecule has 1 aliphatic heterocycles. The summed E-state index contributed by atoms with van der Waals surface area (Å²) in [5.41, 5.74) is 2.82. The van der Waals surface area contributed by atoms with Crippen molar-refractivity contribution in [2.45, 2.75) is 45.2 Å². The van der Waals surface area contributed by atoms with E-state index >= 15 is 0 Å². The highest BCUT2D eigenvalue weighted by molar-refractivity contribution is 5.57. The lowest BCUT2D eigenvalue weighted by molar-refractivity contribution is 0.221. The molecule has 0 amide bonds. The van der Waals surface area contributed by atoms with E-state index in [1.807, 2.05) is 0 Å². The Morgan fingerprint density at radius 1 is 1.26 bits per heavy atom. The quantitative estimate of drug-likeness (QED) is 0.857. The van der Waals surface area contributed by atoms with Crippen LogP contribution in [0.5, 0.6) is 0 Å². The molecule has 0 aliphatic carbocycles. The molecule has 1 aromatic rings. The predicted octanol–water partition coefficient (Wildman–Crippen LogP) is 2.14. The Bertz CT molecular complexity index is 425. The number of nitrogens with one attached hydrogen (secondary N) is 1. The standard InChI is InChI=1S/C16H26N2O/c1-12-9-18(10-13(11-19)17-12)15-8-6-5-7-14(15)16(2,3)4/h5-8,12-13,17,19H,9-11H2,1-4H3. The van der Waals surface area contributed by atoms with Crippen molar-refractivity contribution in [1.29, 1.82) is 0 Å². The van der Waals surface area contributed by atoms with Crippen molar-refractivity contribution in [3.63, 3.8) is 0 Å². The number of aliphatic hydroxyl groups is 1. The van der Waals surface area contributed by atoms with Gasteiger partial charge in [-0.1, -0.05) is 39.0 Å². The number of piperazine rings is 1. The molecule has 106 valence electrons. The van der Waals surface area contributed by atoms with Gasteiger partial charge in [-0.2, -0.15) is 0 Å². The van der Waals surface area contributed by atoms with Gasteiger partial charge in [-0.25, -0.2) is 0 Å². The zero-order valence-electron chi connectivity index (χ0n) is 12.5. The Morgan fingerprint density at radius 3 is 2.58 bits per heavy atom. The molecule has 1 saturated heterocycles. The minimum Gasteiger partial charge on any atom is -0.395 e. The summed E-state index contributed by atoms with van der Waals surface area (Å²) in [5, 5.41) is 12.8. The van der Waals surface area contributed by atoms with E-state index in [0.717, 1.165) is 13.1 Å². The average Bonchev–Trinajstić information content (AvgIpc) is 2.37. The lowest BCUT2D eigenvalue weighted by Gasteiger charge is -2.40. The Morgan fingerprint density at radius 2 is 1.95 bits per heavy atom. The van der Waals surface area contributed by atoms with E-state index in [1.54, 1.807) is 0 Å². The van der Waals surface area contributed by atoms with E-state index in [0.29, 0.717) is 6.04 Å².